The summed E-state index contributed by atoms with van der Waals surface area (Å²) in [6.07, 6.45) is 4.73. The molecule has 246 valence electrons. The maximum absolute atomic E-state index is 14.2. The van der Waals surface area contributed by atoms with Gasteiger partial charge in [0.25, 0.3) is 0 Å². The van der Waals surface area contributed by atoms with Gasteiger partial charge in [-0.05, 0) is 61.7 Å². The van der Waals surface area contributed by atoms with Gasteiger partial charge in [0.05, 0.1) is 35.2 Å². The Balaban J connectivity index is 1.24. The van der Waals surface area contributed by atoms with Crippen LogP contribution in [-0.2, 0) is 26.9 Å². The second kappa shape index (κ2) is 12.6. The number of imidazole rings is 1. The van der Waals surface area contributed by atoms with Gasteiger partial charge in [-0.1, -0.05) is 56.1 Å². The Morgan fingerprint density at radius 2 is 1.85 bits per heavy atom. The molecule has 2 aliphatic heterocycles. The third-order valence-corrected chi connectivity index (χ3v) is 15.0. The van der Waals surface area contributed by atoms with E-state index >= 15 is 0 Å². The first-order valence-electron chi connectivity index (χ1n) is 16.0. The van der Waals surface area contributed by atoms with Crippen LogP contribution in [-0.4, -0.2) is 65.6 Å². The highest BCUT2D eigenvalue weighted by molar-refractivity contribution is 6.74. The van der Waals surface area contributed by atoms with Crippen LogP contribution >= 0.6 is 23.2 Å². The van der Waals surface area contributed by atoms with E-state index in [9.17, 15) is 9.18 Å². The zero-order valence-corrected chi connectivity index (χ0v) is 29.8. The van der Waals surface area contributed by atoms with Crippen molar-refractivity contribution >= 4 is 54.1 Å². The number of halogens is 3. The lowest BCUT2D eigenvalue weighted by Crippen LogP contribution is -2.47. The average Bonchev–Trinajstić information content (AvgIpc) is 3.71. The van der Waals surface area contributed by atoms with Crippen LogP contribution in [0.4, 0.5) is 10.1 Å². The Bertz CT molecular complexity index is 1740. The average molecular weight is 687 g/mol. The predicted molar refractivity (Wildman–Crippen MR) is 184 cm³/mol. The van der Waals surface area contributed by atoms with Gasteiger partial charge in [-0.15, -0.1) is 0 Å². The lowest BCUT2D eigenvalue weighted by Gasteiger charge is -2.42. The minimum atomic E-state index is -1.79. The molecule has 0 spiro atoms. The fourth-order valence-corrected chi connectivity index (χ4v) is 8.20. The smallest absolute Gasteiger partial charge is 0.337 e. The van der Waals surface area contributed by atoms with Crippen LogP contribution in [0, 0.1) is 0 Å². The van der Waals surface area contributed by atoms with Gasteiger partial charge in [-0.3, -0.25) is 4.68 Å². The molecule has 0 aliphatic carbocycles. The van der Waals surface area contributed by atoms with E-state index in [0.717, 1.165) is 42.7 Å². The van der Waals surface area contributed by atoms with Crippen molar-refractivity contribution < 1.29 is 18.3 Å². The SMILES string of the molecule is CCOC(=O)C(c1ncn2c1C[C@@H](F)C2)n1cc2c(Cl)cc(-c3ccc(N4CCC(O[Si](C)(C)C(C)(C)C)CC4)cc3)c(Cl)c2n1. The summed E-state index contributed by atoms with van der Waals surface area (Å²) in [5.41, 5.74) is 4.35. The van der Waals surface area contributed by atoms with Gasteiger partial charge >= 0.3 is 5.97 Å². The molecule has 0 N–H and O–H groups in total. The van der Waals surface area contributed by atoms with Gasteiger partial charge in [-0.2, -0.15) is 5.10 Å². The Kier molecular flexibility index (Phi) is 9.03. The van der Waals surface area contributed by atoms with E-state index in [2.05, 4.69) is 68.0 Å². The highest BCUT2D eigenvalue weighted by Gasteiger charge is 2.40. The van der Waals surface area contributed by atoms with Crippen molar-refractivity contribution in [1.29, 1.82) is 0 Å². The molecule has 1 saturated heterocycles. The lowest BCUT2D eigenvalue weighted by atomic mass is 10.0. The van der Waals surface area contributed by atoms with E-state index in [4.69, 9.17) is 37.5 Å². The Labute approximate surface area is 280 Å². The van der Waals surface area contributed by atoms with Gasteiger partial charge < -0.3 is 18.6 Å². The van der Waals surface area contributed by atoms with Crippen molar-refractivity contribution in [2.24, 2.45) is 0 Å². The first-order chi connectivity index (χ1) is 21.8. The maximum atomic E-state index is 14.2. The third-order valence-electron chi connectivity index (χ3n) is 9.78. The number of anilines is 1. The summed E-state index contributed by atoms with van der Waals surface area (Å²) < 4.78 is 29.5. The first-order valence-corrected chi connectivity index (χ1v) is 19.7. The van der Waals surface area contributed by atoms with Crippen LogP contribution in [0.1, 0.15) is 58.0 Å². The summed E-state index contributed by atoms with van der Waals surface area (Å²) in [6.45, 7) is 15.5. The van der Waals surface area contributed by atoms with Gasteiger partial charge in [0.15, 0.2) is 14.4 Å². The van der Waals surface area contributed by atoms with Crippen molar-refractivity contribution in [3.05, 3.63) is 64.3 Å². The van der Waals surface area contributed by atoms with Gasteiger partial charge in [0, 0.05) is 54.1 Å². The van der Waals surface area contributed by atoms with E-state index in [0.29, 0.717) is 38.4 Å². The maximum Gasteiger partial charge on any atom is 0.337 e. The van der Waals surface area contributed by atoms with Crippen molar-refractivity contribution in [3.8, 4) is 11.1 Å². The van der Waals surface area contributed by atoms with E-state index < -0.39 is 26.5 Å². The number of rotatable bonds is 8. The molecular weight excluding hydrogens is 644 g/mol. The molecule has 4 aromatic rings. The minimum absolute atomic E-state index is 0.177. The number of nitrogens with zero attached hydrogens (tertiary/aromatic N) is 5. The van der Waals surface area contributed by atoms with Crippen molar-refractivity contribution in [1.82, 2.24) is 19.3 Å². The van der Waals surface area contributed by atoms with Gasteiger partial charge in [-0.25, -0.2) is 14.2 Å². The van der Waals surface area contributed by atoms with Gasteiger partial charge in [0.2, 0.25) is 0 Å². The summed E-state index contributed by atoms with van der Waals surface area (Å²) in [6, 6.07) is 9.17. The molecule has 0 bridgehead atoms. The summed E-state index contributed by atoms with van der Waals surface area (Å²) in [5, 5.41) is 6.42. The molecular formula is C34H42Cl2FN5O3Si. The van der Waals surface area contributed by atoms with E-state index in [-0.39, 0.29) is 24.6 Å². The molecule has 0 amide bonds. The minimum Gasteiger partial charge on any atom is -0.464 e. The molecule has 1 unspecified atom stereocenters. The summed E-state index contributed by atoms with van der Waals surface area (Å²) >= 11 is 13.8. The molecule has 4 heterocycles. The van der Waals surface area contributed by atoms with Crippen LogP contribution in [0.25, 0.3) is 22.0 Å². The molecule has 2 atom stereocenters. The number of fused-ring (bicyclic) bond motifs is 2. The summed E-state index contributed by atoms with van der Waals surface area (Å²) in [5.74, 6) is -0.530. The van der Waals surface area contributed by atoms with Crippen molar-refractivity contribution in [3.63, 3.8) is 0 Å². The number of piperidine rings is 1. The summed E-state index contributed by atoms with van der Waals surface area (Å²) in [7, 11) is -1.79. The largest absolute Gasteiger partial charge is 0.464 e. The Morgan fingerprint density at radius 3 is 2.50 bits per heavy atom. The van der Waals surface area contributed by atoms with Crippen LogP contribution < -0.4 is 4.90 Å². The van der Waals surface area contributed by atoms with E-state index in [1.54, 1.807) is 24.0 Å². The first kappa shape index (κ1) is 33.0. The highest BCUT2D eigenvalue weighted by Crippen LogP contribution is 2.41. The number of hydrogen-bond acceptors (Lipinski definition) is 6. The molecule has 8 nitrogen and oxygen atoms in total. The number of carbonyl (C=O) groups is 1. The third kappa shape index (κ3) is 6.21. The molecule has 0 saturated carbocycles. The lowest BCUT2D eigenvalue weighted by molar-refractivity contribution is -0.146. The number of alkyl halides is 1. The number of ether oxygens (including phenoxy) is 1. The molecule has 46 heavy (non-hydrogen) atoms. The monoisotopic (exact) mass is 685 g/mol. The van der Waals surface area contributed by atoms with Crippen LogP contribution in [0.5, 0.6) is 0 Å². The van der Waals surface area contributed by atoms with Gasteiger partial charge in [0.1, 0.15) is 11.7 Å². The number of esters is 1. The second-order valence-electron chi connectivity index (χ2n) is 13.9. The molecule has 2 aromatic heterocycles. The van der Waals surface area contributed by atoms with Crippen molar-refractivity contribution in [2.45, 2.75) is 90.0 Å². The second-order valence-corrected chi connectivity index (χ2v) is 19.4. The highest BCUT2D eigenvalue weighted by atomic mass is 35.5. The molecule has 12 heteroatoms. The van der Waals surface area contributed by atoms with Crippen molar-refractivity contribution in [2.75, 3.05) is 24.6 Å². The molecule has 2 aromatic carbocycles. The molecule has 2 aliphatic rings. The fraction of sp³-hybridized carbons (Fsp3) is 0.500. The quantitative estimate of drug-likeness (QED) is 0.137. The number of hydrogen-bond donors (Lipinski definition) is 0. The standard InChI is InChI=1S/C34H42Cl2FN5O3Si/c1-7-44-33(43)32(31-28-16-22(37)18-41(28)20-38-31)42-19-26-27(35)17-25(29(36)30(26)39-42)21-8-10-23(11-9-21)40-14-12-24(13-15-40)45-46(5,6)34(2,3)4/h8-11,17,19-20,22,24,32H,7,12-16,18H2,1-6H3/t22-,32?/m1/s1. The van der Waals surface area contributed by atoms with Crippen LogP contribution in [0.2, 0.25) is 28.2 Å². The Morgan fingerprint density at radius 1 is 1.15 bits per heavy atom. The number of carbonyl (C=O) groups excluding carboxylic acids is 1. The predicted octanol–water partition coefficient (Wildman–Crippen LogP) is 8.24. The molecule has 1 fully saturated rings. The Hall–Kier alpha value is -2.92. The number of benzene rings is 2. The fourth-order valence-electron chi connectivity index (χ4n) is 6.23. The van der Waals surface area contributed by atoms with Crippen LogP contribution in [0.3, 0.4) is 0 Å². The van der Waals surface area contributed by atoms with E-state index in [1.165, 1.54) is 4.68 Å². The van der Waals surface area contributed by atoms with Crippen LogP contribution in [0.15, 0.2) is 42.9 Å². The molecule has 0 radical (unpaired) electrons. The topological polar surface area (TPSA) is 74.4 Å². The summed E-state index contributed by atoms with van der Waals surface area (Å²) in [4.78, 5) is 20.1. The molecule has 6 rings (SSSR count). The van der Waals surface area contributed by atoms with E-state index in [1.807, 2.05) is 6.07 Å². The normalized spacial score (nSPS) is 18.3. The zero-order valence-electron chi connectivity index (χ0n) is 27.3. The zero-order chi connectivity index (χ0) is 33.0. The number of aromatic nitrogens is 4.